The Morgan fingerprint density at radius 3 is 2.54 bits per heavy atom. The summed E-state index contributed by atoms with van der Waals surface area (Å²) in [6, 6.07) is 0. The average Bonchev–Trinajstić information content (AvgIpc) is 2.66. The van der Waals surface area contributed by atoms with Gasteiger partial charge >= 0.3 is 11.7 Å². The first kappa shape index (κ1) is 21.7. The van der Waals surface area contributed by atoms with Gasteiger partial charge in [0.2, 0.25) is 5.91 Å². The van der Waals surface area contributed by atoms with Gasteiger partial charge in [0.05, 0.1) is 17.7 Å². The number of nitrogens with zero attached hydrogens (tertiary/aromatic N) is 3. The lowest BCUT2D eigenvalue weighted by Gasteiger charge is -2.16. The van der Waals surface area contributed by atoms with Crippen molar-refractivity contribution in [3.63, 3.8) is 0 Å². The van der Waals surface area contributed by atoms with Crippen molar-refractivity contribution in [3.8, 4) is 0 Å². The number of thioether (sulfide) groups is 1. The minimum atomic E-state index is -0.512. The number of carbonyl (C=O) groups is 2. The van der Waals surface area contributed by atoms with Gasteiger partial charge in [-0.25, -0.2) is 9.78 Å². The monoisotopic (exact) mass is 408 g/mol. The molecule has 0 spiro atoms. The molecule has 0 aliphatic heterocycles. The molecule has 0 aliphatic rings. The van der Waals surface area contributed by atoms with E-state index in [1.807, 2.05) is 13.8 Å². The first-order valence-corrected chi connectivity index (χ1v) is 9.81. The highest BCUT2D eigenvalue weighted by atomic mass is 32.2. The molecule has 2 heterocycles. The van der Waals surface area contributed by atoms with Crippen LogP contribution in [0.5, 0.6) is 0 Å². The molecule has 2 rings (SSSR count). The van der Waals surface area contributed by atoms with Crippen molar-refractivity contribution in [3.05, 3.63) is 32.6 Å². The van der Waals surface area contributed by atoms with E-state index in [9.17, 15) is 19.2 Å². The smallest absolute Gasteiger partial charge is 0.332 e. The fraction of sp³-hybridized carbons (Fsp3) is 0.500. The number of carbonyl (C=O) groups excluding carboxylic acids is 2. The largest absolute Gasteiger partial charge is 0.465 e. The van der Waals surface area contributed by atoms with Crippen molar-refractivity contribution < 1.29 is 14.3 Å². The second kappa shape index (κ2) is 9.05. The predicted octanol–water partition coefficient (Wildman–Crippen LogP) is 0.527. The Hall–Kier alpha value is -2.62. The second-order valence-electron chi connectivity index (χ2n) is 6.47. The molecule has 10 heteroatoms. The maximum Gasteiger partial charge on any atom is 0.332 e. The molecule has 1 N–H and O–H groups in total. The summed E-state index contributed by atoms with van der Waals surface area (Å²) in [5.74, 6) is -0.810. The van der Waals surface area contributed by atoms with Gasteiger partial charge in [-0.3, -0.25) is 23.5 Å². The number of pyridine rings is 1. The molecule has 0 radical (unpaired) electrons. The van der Waals surface area contributed by atoms with Gasteiger partial charge in [-0.15, -0.1) is 11.8 Å². The number of rotatable bonds is 7. The number of nitrogens with one attached hydrogen (secondary N) is 1. The number of hydrogen-bond acceptors (Lipinski definition) is 7. The molecule has 0 atom stereocenters. The van der Waals surface area contributed by atoms with Crippen LogP contribution >= 0.6 is 11.8 Å². The van der Waals surface area contributed by atoms with Crippen LogP contribution in [0.3, 0.4) is 0 Å². The highest BCUT2D eigenvalue weighted by molar-refractivity contribution is 8.00. The lowest BCUT2D eigenvalue weighted by molar-refractivity contribution is -0.143. The summed E-state index contributed by atoms with van der Waals surface area (Å²) in [7, 11) is 2.96. The highest BCUT2D eigenvalue weighted by Gasteiger charge is 2.20. The minimum Gasteiger partial charge on any atom is -0.465 e. The number of amides is 1. The molecule has 0 aliphatic carbocycles. The molecular formula is C18H24N4O5S. The van der Waals surface area contributed by atoms with Crippen LogP contribution in [0.15, 0.2) is 20.7 Å². The van der Waals surface area contributed by atoms with E-state index in [1.54, 1.807) is 20.2 Å². The Bertz CT molecular complexity index is 1030. The summed E-state index contributed by atoms with van der Waals surface area (Å²) in [5, 5.41) is 2.80. The van der Waals surface area contributed by atoms with E-state index < -0.39 is 17.2 Å². The summed E-state index contributed by atoms with van der Waals surface area (Å²) < 4.78 is 7.11. The van der Waals surface area contributed by atoms with Crippen LogP contribution in [0, 0.1) is 0 Å². The molecule has 2 aromatic heterocycles. The van der Waals surface area contributed by atoms with E-state index in [0.29, 0.717) is 10.3 Å². The van der Waals surface area contributed by atoms with Gasteiger partial charge in [-0.1, -0.05) is 13.8 Å². The number of aryl methyl sites for hydroxylation is 1. The van der Waals surface area contributed by atoms with Gasteiger partial charge in [0.25, 0.3) is 5.56 Å². The number of hydrogen-bond donors (Lipinski definition) is 1. The molecule has 0 aromatic carbocycles. The molecule has 152 valence electrons. The van der Waals surface area contributed by atoms with Crippen molar-refractivity contribution in [2.24, 2.45) is 14.1 Å². The normalized spacial score (nSPS) is 11.1. The van der Waals surface area contributed by atoms with Crippen molar-refractivity contribution in [1.82, 2.24) is 19.4 Å². The molecule has 0 bridgehead atoms. The Morgan fingerprint density at radius 1 is 1.25 bits per heavy atom. The molecular weight excluding hydrogens is 384 g/mol. The Kier molecular flexibility index (Phi) is 7.00. The third-order valence-electron chi connectivity index (χ3n) is 4.15. The lowest BCUT2D eigenvalue weighted by atomic mass is 10.0. The topological polar surface area (TPSA) is 112 Å². The predicted molar refractivity (Wildman–Crippen MR) is 107 cm³/mol. The van der Waals surface area contributed by atoms with E-state index in [1.165, 1.54) is 23.4 Å². The number of esters is 1. The zero-order valence-electron chi connectivity index (χ0n) is 16.6. The molecule has 9 nitrogen and oxygen atoms in total. The van der Waals surface area contributed by atoms with Crippen molar-refractivity contribution in [2.45, 2.75) is 31.6 Å². The van der Waals surface area contributed by atoms with Crippen LogP contribution in [-0.2, 0) is 28.4 Å². The van der Waals surface area contributed by atoms with Crippen molar-refractivity contribution >= 4 is 34.7 Å². The summed E-state index contributed by atoms with van der Waals surface area (Å²) in [6.07, 6.45) is 1.63. The average molecular weight is 408 g/mol. The van der Waals surface area contributed by atoms with E-state index in [-0.39, 0.29) is 36.4 Å². The standard InChI is InChI=1S/C18H24N4O5S/c1-6-27-13(24)8-19-12(23)9-28-15-11(10(2)3)7-20-16-14(15)17(25)22(5)18(26)21(16)4/h7,10H,6,8-9H2,1-5H3,(H,19,23). The maximum absolute atomic E-state index is 12.8. The molecule has 0 saturated carbocycles. The lowest BCUT2D eigenvalue weighted by Crippen LogP contribution is -2.37. The van der Waals surface area contributed by atoms with Crippen LogP contribution in [0.4, 0.5) is 0 Å². The van der Waals surface area contributed by atoms with Crippen LogP contribution in [0.2, 0.25) is 0 Å². The molecule has 28 heavy (non-hydrogen) atoms. The van der Waals surface area contributed by atoms with Crippen molar-refractivity contribution in [2.75, 3.05) is 18.9 Å². The van der Waals surface area contributed by atoms with Gasteiger partial charge in [0.15, 0.2) is 0 Å². The summed E-state index contributed by atoms with van der Waals surface area (Å²) in [6.45, 7) is 5.63. The second-order valence-corrected chi connectivity index (χ2v) is 7.46. The van der Waals surface area contributed by atoms with Gasteiger partial charge in [-0.05, 0) is 18.4 Å². The fourth-order valence-electron chi connectivity index (χ4n) is 2.66. The number of ether oxygens (including phenoxy) is 1. The van der Waals surface area contributed by atoms with Crippen LogP contribution in [-0.4, -0.2) is 44.9 Å². The zero-order chi connectivity index (χ0) is 21.0. The van der Waals surface area contributed by atoms with Crippen LogP contribution in [0.1, 0.15) is 32.3 Å². The zero-order valence-corrected chi connectivity index (χ0v) is 17.4. The Labute approximate surface area is 166 Å². The van der Waals surface area contributed by atoms with E-state index >= 15 is 0 Å². The maximum atomic E-state index is 12.8. The third kappa shape index (κ3) is 4.44. The molecule has 0 unspecified atom stereocenters. The number of fused-ring (bicyclic) bond motifs is 1. The highest BCUT2D eigenvalue weighted by Crippen LogP contribution is 2.32. The summed E-state index contributed by atoms with van der Waals surface area (Å²) >= 11 is 1.18. The van der Waals surface area contributed by atoms with Gasteiger partial charge in [0.1, 0.15) is 12.2 Å². The minimum absolute atomic E-state index is 0.00420. The summed E-state index contributed by atoms with van der Waals surface area (Å²) in [4.78, 5) is 53.3. The summed E-state index contributed by atoms with van der Waals surface area (Å²) in [5.41, 5.74) is 0.159. The molecule has 0 fully saturated rings. The SMILES string of the molecule is CCOC(=O)CNC(=O)CSc1c(C(C)C)cnc2c1c(=O)n(C)c(=O)n2C. The van der Waals surface area contributed by atoms with E-state index in [4.69, 9.17) is 4.74 Å². The Balaban J connectivity index is 2.41. The van der Waals surface area contributed by atoms with Gasteiger partial charge in [0, 0.05) is 25.2 Å². The van der Waals surface area contributed by atoms with Crippen LogP contribution < -0.4 is 16.6 Å². The third-order valence-corrected chi connectivity index (χ3v) is 5.29. The van der Waals surface area contributed by atoms with Crippen molar-refractivity contribution in [1.29, 1.82) is 0 Å². The number of aromatic nitrogens is 3. The Morgan fingerprint density at radius 2 is 1.93 bits per heavy atom. The van der Waals surface area contributed by atoms with Gasteiger partial charge < -0.3 is 10.1 Å². The quantitative estimate of drug-likeness (QED) is 0.525. The molecule has 2 aromatic rings. The van der Waals surface area contributed by atoms with E-state index in [0.717, 1.165) is 10.1 Å². The van der Waals surface area contributed by atoms with Gasteiger partial charge in [-0.2, -0.15) is 0 Å². The first-order valence-electron chi connectivity index (χ1n) is 8.82. The molecule has 0 saturated heterocycles. The fourth-order valence-corrected chi connectivity index (χ4v) is 3.81. The van der Waals surface area contributed by atoms with E-state index in [2.05, 4.69) is 10.3 Å². The first-order chi connectivity index (χ1) is 13.2. The van der Waals surface area contributed by atoms with Crippen LogP contribution in [0.25, 0.3) is 11.0 Å². The molecule has 1 amide bonds.